The molecule has 2 saturated carbocycles. The molecule has 0 amide bonds. The summed E-state index contributed by atoms with van der Waals surface area (Å²) in [6, 6.07) is 4.62. The summed E-state index contributed by atoms with van der Waals surface area (Å²) < 4.78 is 1.23. The van der Waals surface area contributed by atoms with E-state index >= 15 is 0 Å². The van der Waals surface area contributed by atoms with Gasteiger partial charge in [0.1, 0.15) is 0 Å². The zero-order valence-electron chi connectivity index (χ0n) is 10.3. The summed E-state index contributed by atoms with van der Waals surface area (Å²) in [6.45, 7) is 4.41. The molecule has 17 heavy (non-hydrogen) atoms. The first-order chi connectivity index (χ1) is 8.09. The number of hydrogen-bond acceptors (Lipinski definition) is 0. The van der Waals surface area contributed by atoms with E-state index in [2.05, 4.69) is 57.8 Å². The highest BCUT2D eigenvalue weighted by molar-refractivity contribution is 9.10. The highest BCUT2D eigenvalue weighted by Crippen LogP contribution is 2.64. The first-order valence-electron chi connectivity index (χ1n) is 6.50. The molecule has 2 aliphatic rings. The normalized spacial score (nSPS) is 32.4. The van der Waals surface area contributed by atoms with Crippen molar-refractivity contribution >= 4 is 31.9 Å². The second-order valence-corrected chi connectivity index (χ2v) is 7.54. The van der Waals surface area contributed by atoms with E-state index in [0.717, 1.165) is 17.8 Å². The molecule has 0 aliphatic heterocycles. The van der Waals surface area contributed by atoms with Gasteiger partial charge in [-0.25, -0.2) is 0 Å². The van der Waals surface area contributed by atoms with Crippen molar-refractivity contribution in [2.75, 3.05) is 0 Å². The van der Waals surface area contributed by atoms with Crippen molar-refractivity contribution in [3.8, 4) is 0 Å². The Hall–Kier alpha value is 0.180. The van der Waals surface area contributed by atoms with E-state index in [-0.39, 0.29) is 0 Å². The molecule has 0 N–H and O–H groups in total. The molecule has 0 bridgehead atoms. The number of fused-ring (bicyclic) bond motifs is 1. The Morgan fingerprint density at radius 1 is 1.12 bits per heavy atom. The average molecular weight is 358 g/mol. The van der Waals surface area contributed by atoms with Crippen LogP contribution in [0.4, 0.5) is 0 Å². The molecule has 0 heterocycles. The van der Waals surface area contributed by atoms with Gasteiger partial charge in [0, 0.05) is 9.30 Å². The number of benzene rings is 1. The molecule has 3 rings (SSSR count). The topological polar surface area (TPSA) is 0 Å². The fourth-order valence-corrected chi connectivity index (χ4v) is 5.35. The summed E-state index contributed by atoms with van der Waals surface area (Å²) >= 11 is 7.58. The Morgan fingerprint density at radius 3 is 2.41 bits per heavy atom. The molecule has 1 aromatic rings. The van der Waals surface area contributed by atoms with Crippen molar-refractivity contribution < 1.29 is 0 Å². The van der Waals surface area contributed by atoms with Crippen LogP contribution in [0, 0.1) is 31.6 Å². The fraction of sp³-hybridized carbons (Fsp3) is 0.600. The van der Waals surface area contributed by atoms with Crippen LogP contribution in [-0.2, 0) is 0 Å². The van der Waals surface area contributed by atoms with Gasteiger partial charge in [-0.05, 0) is 67.2 Å². The first-order valence-corrected chi connectivity index (χ1v) is 8.21. The molecule has 3 unspecified atom stereocenters. The second kappa shape index (κ2) is 4.38. The quantitative estimate of drug-likeness (QED) is 0.609. The van der Waals surface area contributed by atoms with Gasteiger partial charge in [0.25, 0.3) is 0 Å². The summed E-state index contributed by atoms with van der Waals surface area (Å²) in [7, 11) is 0. The molecule has 2 fully saturated rings. The molecule has 1 aromatic carbocycles. The van der Waals surface area contributed by atoms with E-state index < -0.39 is 0 Å². The third kappa shape index (κ3) is 2.02. The summed E-state index contributed by atoms with van der Waals surface area (Å²) in [5.41, 5.74) is 4.26. The zero-order chi connectivity index (χ0) is 12.2. The molecular formula is C15H18Br2. The lowest BCUT2D eigenvalue weighted by Gasteiger charge is -2.16. The van der Waals surface area contributed by atoms with E-state index in [1.807, 2.05) is 0 Å². The summed E-state index contributed by atoms with van der Waals surface area (Å²) in [4.78, 5) is 0.574. The van der Waals surface area contributed by atoms with Gasteiger partial charge >= 0.3 is 0 Å². The first kappa shape index (κ1) is 12.2. The van der Waals surface area contributed by atoms with E-state index in [1.54, 1.807) is 0 Å². The summed E-state index contributed by atoms with van der Waals surface area (Å²) in [5, 5.41) is 0. The molecule has 92 valence electrons. The molecular weight excluding hydrogens is 340 g/mol. The predicted octanol–water partition coefficient (Wildman–Crippen LogP) is 5.55. The molecule has 0 nitrogen and oxygen atoms in total. The second-order valence-electron chi connectivity index (χ2n) is 5.70. The van der Waals surface area contributed by atoms with Crippen LogP contribution in [0.1, 0.15) is 40.8 Å². The van der Waals surface area contributed by atoms with Gasteiger partial charge in [-0.2, -0.15) is 0 Å². The van der Waals surface area contributed by atoms with E-state index in [4.69, 9.17) is 0 Å². The van der Waals surface area contributed by atoms with Gasteiger partial charge in [0.2, 0.25) is 0 Å². The van der Waals surface area contributed by atoms with Crippen LogP contribution in [0.15, 0.2) is 16.6 Å². The van der Waals surface area contributed by atoms with Crippen molar-refractivity contribution in [3.63, 3.8) is 0 Å². The Morgan fingerprint density at radius 2 is 1.76 bits per heavy atom. The number of alkyl halides is 1. The molecule has 0 saturated heterocycles. The molecule has 3 atom stereocenters. The van der Waals surface area contributed by atoms with Gasteiger partial charge in [0.05, 0.1) is 0 Å². The van der Waals surface area contributed by atoms with Crippen molar-refractivity contribution in [3.05, 3.63) is 33.3 Å². The Kier molecular flexibility index (Phi) is 3.15. The van der Waals surface area contributed by atoms with Crippen molar-refractivity contribution in [2.45, 2.75) is 37.9 Å². The van der Waals surface area contributed by atoms with Gasteiger partial charge < -0.3 is 0 Å². The SMILES string of the molecule is Cc1cc(C(Br)C2C3CCCC32)c(C)cc1Br. The zero-order valence-corrected chi connectivity index (χ0v) is 13.5. The van der Waals surface area contributed by atoms with Crippen LogP contribution in [0.25, 0.3) is 0 Å². The van der Waals surface area contributed by atoms with Gasteiger partial charge in [-0.1, -0.05) is 44.3 Å². The Bertz CT molecular complexity index is 442. The van der Waals surface area contributed by atoms with Gasteiger partial charge in [-0.3, -0.25) is 0 Å². The maximum Gasteiger partial charge on any atom is 0.0431 e. The summed E-state index contributed by atoms with van der Waals surface area (Å²) in [6.07, 6.45) is 4.39. The van der Waals surface area contributed by atoms with Gasteiger partial charge in [-0.15, -0.1) is 0 Å². The minimum Gasteiger partial charge on any atom is -0.0835 e. The minimum absolute atomic E-state index is 0.574. The minimum atomic E-state index is 0.574. The Labute approximate surface area is 120 Å². The van der Waals surface area contributed by atoms with Crippen LogP contribution >= 0.6 is 31.9 Å². The van der Waals surface area contributed by atoms with Crippen molar-refractivity contribution in [2.24, 2.45) is 17.8 Å². The number of hydrogen-bond donors (Lipinski definition) is 0. The molecule has 0 spiro atoms. The maximum absolute atomic E-state index is 3.96. The molecule has 0 aromatic heterocycles. The lowest BCUT2D eigenvalue weighted by atomic mass is 9.97. The highest BCUT2D eigenvalue weighted by atomic mass is 79.9. The highest BCUT2D eigenvalue weighted by Gasteiger charge is 2.55. The lowest BCUT2D eigenvalue weighted by molar-refractivity contribution is 0.582. The molecule has 0 radical (unpaired) electrons. The lowest BCUT2D eigenvalue weighted by Crippen LogP contribution is -2.01. The van der Waals surface area contributed by atoms with E-state index in [9.17, 15) is 0 Å². The smallest absolute Gasteiger partial charge is 0.0431 e. The van der Waals surface area contributed by atoms with Gasteiger partial charge in [0.15, 0.2) is 0 Å². The standard InChI is InChI=1S/C15H18Br2/c1-8-7-13(16)9(2)6-12(8)15(17)14-10-4-3-5-11(10)14/h6-7,10-11,14-15H,3-5H2,1-2H3. The fourth-order valence-electron chi connectivity index (χ4n) is 3.62. The largest absolute Gasteiger partial charge is 0.0835 e. The van der Waals surface area contributed by atoms with Crippen LogP contribution in [0.2, 0.25) is 0 Å². The van der Waals surface area contributed by atoms with Crippen LogP contribution in [-0.4, -0.2) is 0 Å². The van der Waals surface area contributed by atoms with E-state index in [1.165, 1.54) is 40.4 Å². The molecule has 2 heteroatoms. The van der Waals surface area contributed by atoms with Crippen molar-refractivity contribution in [1.29, 1.82) is 0 Å². The Balaban J connectivity index is 1.87. The third-order valence-electron chi connectivity index (χ3n) is 4.66. The van der Waals surface area contributed by atoms with Crippen LogP contribution in [0.3, 0.4) is 0 Å². The van der Waals surface area contributed by atoms with Crippen molar-refractivity contribution in [1.82, 2.24) is 0 Å². The molecule has 2 aliphatic carbocycles. The van der Waals surface area contributed by atoms with Crippen LogP contribution < -0.4 is 0 Å². The predicted molar refractivity (Wildman–Crippen MR) is 79.6 cm³/mol. The number of aryl methyl sites for hydroxylation is 2. The third-order valence-corrected chi connectivity index (χ3v) is 6.61. The number of rotatable bonds is 2. The van der Waals surface area contributed by atoms with Crippen LogP contribution in [0.5, 0.6) is 0 Å². The average Bonchev–Trinajstić information content (AvgIpc) is 2.76. The summed E-state index contributed by atoms with van der Waals surface area (Å²) in [5.74, 6) is 2.94. The van der Waals surface area contributed by atoms with E-state index in [0.29, 0.717) is 4.83 Å². The maximum atomic E-state index is 3.96. The monoisotopic (exact) mass is 356 g/mol. The number of halogens is 2.